The molecule has 0 radical (unpaired) electrons. The molecule has 0 saturated heterocycles. The Bertz CT molecular complexity index is 916. The standard InChI is InChI=1S/C21H24N4O/c1-3-26-19-10-5-4-7-17(19)21-22-12-14-25(21)13-11-20-23-15(2)16-8-6-9-18(16)24-20/h4-5,7,10,12,14H,3,6,8-9,11,13H2,1-2H3. The Morgan fingerprint density at radius 1 is 1.15 bits per heavy atom. The average molecular weight is 348 g/mol. The Balaban J connectivity index is 1.56. The maximum Gasteiger partial charge on any atom is 0.143 e. The third-order valence-electron chi connectivity index (χ3n) is 4.91. The molecule has 5 heteroatoms. The fourth-order valence-electron chi connectivity index (χ4n) is 3.68. The maximum atomic E-state index is 5.77. The Morgan fingerprint density at radius 3 is 2.92 bits per heavy atom. The van der Waals surface area contributed by atoms with E-state index in [4.69, 9.17) is 14.7 Å². The zero-order valence-electron chi connectivity index (χ0n) is 15.4. The van der Waals surface area contributed by atoms with E-state index in [0.717, 1.165) is 54.5 Å². The average Bonchev–Trinajstić information content (AvgIpc) is 3.30. The van der Waals surface area contributed by atoms with Gasteiger partial charge < -0.3 is 9.30 Å². The molecule has 0 unspecified atom stereocenters. The molecule has 1 aliphatic carbocycles. The van der Waals surface area contributed by atoms with Crippen molar-refractivity contribution in [3.05, 3.63) is 59.4 Å². The van der Waals surface area contributed by atoms with Crippen LogP contribution < -0.4 is 4.74 Å². The molecule has 0 aliphatic heterocycles. The first-order valence-corrected chi connectivity index (χ1v) is 9.35. The second-order valence-electron chi connectivity index (χ2n) is 6.63. The summed E-state index contributed by atoms with van der Waals surface area (Å²) >= 11 is 0. The molecule has 26 heavy (non-hydrogen) atoms. The highest BCUT2D eigenvalue weighted by molar-refractivity contribution is 5.64. The number of benzene rings is 1. The van der Waals surface area contributed by atoms with Gasteiger partial charge in [0.1, 0.15) is 17.4 Å². The van der Waals surface area contributed by atoms with Gasteiger partial charge in [0.2, 0.25) is 0 Å². The van der Waals surface area contributed by atoms with Gasteiger partial charge in [-0.2, -0.15) is 0 Å². The summed E-state index contributed by atoms with van der Waals surface area (Å²) in [4.78, 5) is 14.1. The summed E-state index contributed by atoms with van der Waals surface area (Å²) in [5.74, 6) is 2.72. The van der Waals surface area contributed by atoms with E-state index in [1.54, 1.807) is 0 Å². The van der Waals surface area contributed by atoms with Crippen molar-refractivity contribution in [2.24, 2.45) is 0 Å². The lowest BCUT2D eigenvalue weighted by molar-refractivity contribution is 0.341. The monoisotopic (exact) mass is 348 g/mol. The van der Waals surface area contributed by atoms with Gasteiger partial charge in [0.05, 0.1) is 12.2 Å². The lowest BCUT2D eigenvalue weighted by Gasteiger charge is -2.12. The molecule has 4 rings (SSSR count). The zero-order chi connectivity index (χ0) is 17.9. The minimum atomic E-state index is 0.639. The predicted molar refractivity (Wildman–Crippen MR) is 101 cm³/mol. The maximum absolute atomic E-state index is 5.77. The Kier molecular flexibility index (Phi) is 4.69. The third kappa shape index (κ3) is 3.21. The van der Waals surface area contributed by atoms with Crippen LogP contribution in [0.1, 0.15) is 36.1 Å². The third-order valence-corrected chi connectivity index (χ3v) is 4.91. The van der Waals surface area contributed by atoms with Gasteiger partial charge in [-0.1, -0.05) is 12.1 Å². The first-order valence-electron chi connectivity index (χ1n) is 9.35. The predicted octanol–water partition coefficient (Wildman–Crippen LogP) is 3.78. The van der Waals surface area contributed by atoms with Crippen molar-refractivity contribution in [1.82, 2.24) is 19.5 Å². The number of hydrogen-bond acceptors (Lipinski definition) is 4. The molecule has 2 aromatic heterocycles. The SMILES string of the molecule is CCOc1ccccc1-c1nccn1CCc1nc(C)c2c(n1)CCC2. The summed E-state index contributed by atoms with van der Waals surface area (Å²) in [5.41, 5.74) is 4.78. The topological polar surface area (TPSA) is 52.8 Å². The number of aryl methyl sites for hydroxylation is 4. The van der Waals surface area contributed by atoms with Crippen LogP contribution in [0.3, 0.4) is 0 Å². The minimum absolute atomic E-state index is 0.639. The number of rotatable bonds is 6. The van der Waals surface area contributed by atoms with E-state index >= 15 is 0 Å². The number of para-hydroxylation sites is 1. The van der Waals surface area contributed by atoms with E-state index in [9.17, 15) is 0 Å². The van der Waals surface area contributed by atoms with Crippen LogP contribution in [0.2, 0.25) is 0 Å². The Morgan fingerprint density at radius 2 is 2.04 bits per heavy atom. The summed E-state index contributed by atoms with van der Waals surface area (Å²) in [5, 5.41) is 0. The second-order valence-corrected chi connectivity index (χ2v) is 6.63. The molecule has 0 bridgehead atoms. The molecule has 0 N–H and O–H groups in total. The van der Waals surface area contributed by atoms with Crippen molar-refractivity contribution in [1.29, 1.82) is 0 Å². The van der Waals surface area contributed by atoms with E-state index in [1.165, 1.54) is 17.7 Å². The lowest BCUT2D eigenvalue weighted by atomic mass is 10.2. The molecule has 5 nitrogen and oxygen atoms in total. The van der Waals surface area contributed by atoms with Crippen molar-refractivity contribution < 1.29 is 4.74 Å². The highest BCUT2D eigenvalue weighted by Gasteiger charge is 2.17. The van der Waals surface area contributed by atoms with Gasteiger partial charge in [0, 0.05) is 36.7 Å². The number of hydrogen-bond donors (Lipinski definition) is 0. The first-order chi connectivity index (χ1) is 12.8. The fourth-order valence-corrected chi connectivity index (χ4v) is 3.68. The molecule has 1 aromatic carbocycles. The van der Waals surface area contributed by atoms with Crippen LogP contribution >= 0.6 is 0 Å². The van der Waals surface area contributed by atoms with E-state index in [2.05, 4.69) is 22.5 Å². The summed E-state index contributed by atoms with van der Waals surface area (Å²) in [7, 11) is 0. The molecule has 1 aliphatic rings. The fraction of sp³-hybridized carbons (Fsp3) is 0.381. The van der Waals surface area contributed by atoms with Gasteiger partial charge in [-0.3, -0.25) is 0 Å². The summed E-state index contributed by atoms with van der Waals surface area (Å²) in [6, 6.07) is 8.05. The van der Waals surface area contributed by atoms with Crippen LogP contribution in [0, 0.1) is 6.92 Å². The minimum Gasteiger partial charge on any atom is -0.493 e. The first kappa shape index (κ1) is 16.8. The molecule has 3 aromatic rings. The molecule has 0 saturated carbocycles. The molecule has 0 spiro atoms. The van der Waals surface area contributed by atoms with Crippen LogP contribution in [-0.4, -0.2) is 26.1 Å². The van der Waals surface area contributed by atoms with E-state index in [1.807, 2.05) is 37.5 Å². The van der Waals surface area contributed by atoms with Crippen molar-refractivity contribution in [2.45, 2.75) is 46.1 Å². The Hall–Kier alpha value is -2.69. The highest BCUT2D eigenvalue weighted by Crippen LogP contribution is 2.29. The smallest absolute Gasteiger partial charge is 0.143 e. The van der Waals surface area contributed by atoms with Crippen LogP contribution in [-0.2, 0) is 25.8 Å². The van der Waals surface area contributed by atoms with Crippen LogP contribution in [0.25, 0.3) is 11.4 Å². The van der Waals surface area contributed by atoms with Crippen LogP contribution in [0.15, 0.2) is 36.7 Å². The highest BCUT2D eigenvalue weighted by atomic mass is 16.5. The molecule has 0 atom stereocenters. The van der Waals surface area contributed by atoms with Gasteiger partial charge >= 0.3 is 0 Å². The normalized spacial score (nSPS) is 13.0. The van der Waals surface area contributed by atoms with Crippen molar-refractivity contribution in [3.63, 3.8) is 0 Å². The molecule has 2 heterocycles. The number of nitrogens with zero attached hydrogens (tertiary/aromatic N) is 4. The van der Waals surface area contributed by atoms with E-state index in [-0.39, 0.29) is 0 Å². The molecule has 134 valence electrons. The Labute approximate surface area is 154 Å². The van der Waals surface area contributed by atoms with Gasteiger partial charge in [0.25, 0.3) is 0 Å². The quantitative estimate of drug-likeness (QED) is 0.680. The number of aromatic nitrogens is 4. The second kappa shape index (κ2) is 7.28. The van der Waals surface area contributed by atoms with Crippen molar-refractivity contribution in [2.75, 3.05) is 6.61 Å². The van der Waals surface area contributed by atoms with Gasteiger partial charge in [-0.25, -0.2) is 15.0 Å². The summed E-state index contributed by atoms with van der Waals surface area (Å²) < 4.78 is 7.92. The number of ether oxygens (including phenoxy) is 1. The van der Waals surface area contributed by atoms with Crippen LogP contribution in [0.4, 0.5) is 0 Å². The van der Waals surface area contributed by atoms with Crippen molar-refractivity contribution in [3.8, 4) is 17.1 Å². The van der Waals surface area contributed by atoms with Gasteiger partial charge in [0.15, 0.2) is 0 Å². The summed E-state index contributed by atoms with van der Waals surface area (Å²) in [6.07, 6.45) is 8.07. The van der Waals surface area contributed by atoms with E-state index < -0.39 is 0 Å². The summed E-state index contributed by atoms with van der Waals surface area (Å²) in [6.45, 7) is 5.54. The molecule has 0 amide bonds. The molecule has 0 fully saturated rings. The number of imidazole rings is 1. The zero-order valence-corrected chi connectivity index (χ0v) is 15.4. The molecular formula is C21H24N4O. The van der Waals surface area contributed by atoms with Crippen LogP contribution in [0.5, 0.6) is 5.75 Å². The largest absolute Gasteiger partial charge is 0.493 e. The lowest BCUT2D eigenvalue weighted by Crippen LogP contribution is -2.09. The van der Waals surface area contributed by atoms with E-state index in [0.29, 0.717) is 6.61 Å². The number of fused-ring (bicyclic) bond motifs is 1. The molecular weight excluding hydrogens is 324 g/mol. The van der Waals surface area contributed by atoms with Gasteiger partial charge in [-0.05, 0) is 50.8 Å². The van der Waals surface area contributed by atoms with Gasteiger partial charge in [-0.15, -0.1) is 0 Å². The van der Waals surface area contributed by atoms with Crippen molar-refractivity contribution >= 4 is 0 Å².